The van der Waals surface area contributed by atoms with Gasteiger partial charge in [-0.3, -0.25) is 24.7 Å². The van der Waals surface area contributed by atoms with Gasteiger partial charge < -0.3 is 46.4 Å². The van der Waals surface area contributed by atoms with Gasteiger partial charge in [0.15, 0.2) is 0 Å². The first kappa shape index (κ1) is 52.0. The summed E-state index contributed by atoms with van der Waals surface area (Å²) in [7, 11) is 1.56. The van der Waals surface area contributed by atoms with Crippen LogP contribution in [0.15, 0.2) is 77.3 Å². The number of hydrogen-bond acceptors (Lipinski definition) is 13. The molecule has 0 unspecified atom stereocenters. The molecule has 72 heavy (non-hydrogen) atoms. The van der Waals surface area contributed by atoms with Gasteiger partial charge in [-0.05, 0) is 140 Å². The summed E-state index contributed by atoms with van der Waals surface area (Å²) in [4.78, 5) is 71.6. The van der Waals surface area contributed by atoms with Gasteiger partial charge in [-0.25, -0.2) is 9.59 Å². The lowest BCUT2D eigenvalue weighted by molar-refractivity contribution is -0.164. The number of esters is 1. The first-order valence-electron chi connectivity index (χ1n) is 26.3. The van der Waals surface area contributed by atoms with Gasteiger partial charge >= 0.3 is 17.9 Å². The van der Waals surface area contributed by atoms with Crippen molar-refractivity contribution in [3.8, 4) is 0 Å². The molecule has 1 saturated heterocycles. The van der Waals surface area contributed by atoms with Crippen molar-refractivity contribution in [2.24, 2.45) is 34.5 Å². The fourth-order valence-corrected chi connectivity index (χ4v) is 15.7. The maximum Gasteiger partial charge on any atom is 0.353 e. The first-order chi connectivity index (χ1) is 34.8. The third-order valence-electron chi connectivity index (χ3n) is 17.4. The van der Waals surface area contributed by atoms with Gasteiger partial charge in [0.1, 0.15) is 17.7 Å². The summed E-state index contributed by atoms with van der Waals surface area (Å²) in [6.07, 6.45) is 20.3. The number of aromatic nitrogens is 1. The van der Waals surface area contributed by atoms with E-state index in [4.69, 9.17) is 4.74 Å². The lowest BCUT2D eigenvalue weighted by Gasteiger charge is -2.52. The maximum absolute atomic E-state index is 15.6. The van der Waals surface area contributed by atoms with Crippen molar-refractivity contribution in [1.29, 1.82) is 0 Å². The van der Waals surface area contributed by atoms with Crippen molar-refractivity contribution >= 4 is 47.6 Å². The Balaban J connectivity index is 1.16. The number of thioether (sulfide) groups is 1. The van der Waals surface area contributed by atoms with Gasteiger partial charge in [-0.15, -0.1) is 11.8 Å². The standard InChI is InChI=1S/C55H72N6O10S/c1-56-32-59-55(70,52(68)69)25-16-41(62)60-40(48(63)61-49(64)50(65)66)31-72-47-46-43-38(13-3-2-6-20-53(47)21-7-8-22-53)54(23-9-10-24-54)39(29-33-17-26-57-27-18-33)42(44(43)51(67)71-46)45-37-30-36-12-5-4-11-34(36)14-15-35(37)19-28-58-45/h4-5,11-12,14-15,17-18,26-27,35,37-38,40,44-45,47,49,56,58-59,64,70H,2-3,6-10,13,16,19-25,28-32H2,1H3,(H,60,62)(H,61,63)(H,65,66)(H,68,69)/t35-,37-,38+,40-,44+,45-,47-,49-,55+/m0/s1. The zero-order valence-corrected chi connectivity index (χ0v) is 42.2. The molecule has 0 radical (unpaired) electrons. The summed E-state index contributed by atoms with van der Waals surface area (Å²) in [6.45, 7) is 0.735. The molecule has 2 saturated carbocycles. The van der Waals surface area contributed by atoms with Crippen molar-refractivity contribution < 1.29 is 49.1 Å². The molecule has 2 aliphatic heterocycles. The summed E-state index contributed by atoms with van der Waals surface area (Å²) >= 11 is 1.44. The largest absolute Gasteiger partial charge is 0.478 e. The van der Waals surface area contributed by atoms with E-state index < -0.39 is 65.8 Å². The molecule has 7 aliphatic rings. The molecule has 388 valence electrons. The average molecular weight is 1010 g/mol. The first-order valence-corrected chi connectivity index (χ1v) is 27.4. The molecule has 9 atom stereocenters. The predicted molar refractivity (Wildman–Crippen MR) is 271 cm³/mol. The Kier molecular flexibility index (Phi) is 16.1. The fraction of sp³-hybridized carbons (Fsp3) is 0.600. The zero-order chi connectivity index (χ0) is 50.6. The Bertz CT molecular complexity index is 2450. The minimum atomic E-state index is -2.46. The molecule has 0 bridgehead atoms. The van der Waals surface area contributed by atoms with Crippen molar-refractivity contribution in [3.63, 3.8) is 0 Å². The number of piperidine rings is 1. The van der Waals surface area contributed by atoms with E-state index >= 15 is 4.79 Å². The monoisotopic (exact) mass is 1010 g/mol. The summed E-state index contributed by atoms with van der Waals surface area (Å²) in [5.41, 5.74) is 4.32. The molecule has 17 heteroatoms. The van der Waals surface area contributed by atoms with Crippen LogP contribution in [0.4, 0.5) is 0 Å². The number of fused-ring (bicyclic) bond motifs is 3. The molecule has 16 nitrogen and oxygen atoms in total. The van der Waals surface area contributed by atoms with Gasteiger partial charge in [-0.1, -0.05) is 86.9 Å². The van der Waals surface area contributed by atoms with E-state index in [1.807, 2.05) is 12.4 Å². The average Bonchev–Trinajstić information content (AvgIpc) is 4.11. The van der Waals surface area contributed by atoms with Crippen LogP contribution in [0.5, 0.6) is 0 Å². The van der Waals surface area contributed by atoms with Crippen LogP contribution in [0.2, 0.25) is 0 Å². The van der Waals surface area contributed by atoms with Crippen LogP contribution < -0.4 is 26.6 Å². The molecular weight excluding hydrogens is 937 g/mol. The molecule has 2 amide bonds. The summed E-state index contributed by atoms with van der Waals surface area (Å²) in [5, 5.41) is 54.2. The van der Waals surface area contributed by atoms with Crippen LogP contribution in [0, 0.1) is 34.5 Å². The van der Waals surface area contributed by atoms with Crippen molar-refractivity contribution in [2.75, 3.05) is 26.0 Å². The van der Waals surface area contributed by atoms with Crippen LogP contribution in [-0.2, 0) is 41.6 Å². The number of pyridine rings is 1. The molecule has 1 aromatic heterocycles. The number of carboxylic acid groups (broad SMARTS) is 2. The van der Waals surface area contributed by atoms with E-state index in [0.29, 0.717) is 12.2 Å². The number of allylic oxidation sites excluding steroid dienone is 2. The zero-order valence-electron chi connectivity index (χ0n) is 41.3. The third kappa shape index (κ3) is 10.4. The Morgan fingerprint density at radius 1 is 0.931 bits per heavy atom. The van der Waals surface area contributed by atoms with E-state index in [2.05, 4.69) is 80.1 Å². The molecule has 9 rings (SSSR count). The topological polar surface area (TPSA) is 249 Å². The second-order valence-electron chi connectivity index (χ2n) is 21.5. The SMILES string of the molecule is CNCN[C@@](O)(CCC(=O)N[C@@H](CS[C@H]1C2=C3[C@H](C(=O)O2)C([C@H]2NCC[C@@H]4C=Cc5ccccc5C[C@H]24)=C(Cc2ccncc2)C2(CCCC2)[C@@H]3CCCCCC12CCCC2)C(=O)N[C@@H](O)C(=O)O)C(=O)O. The van der Waals surface area contributed by atoms with Crippen LogP contribution in [-0.4, -0.2) is 110 Å². The molecule has 3 fully saturated rings. The number of nitrogens with one attached hydrogen (secondary N) is 5. The van der Waals surface area contributed by atoms with Gasteiger partial charge in [0.2, 0.25) is 23.8 Å². The number of carbonyl (C=O) groups excluding carboxylic acids is 3. The molecule has 2 spiro atoms. The third-order valence-corrected chi connectivity index (χ3v) is 19.0. The Labute approximate surface area is 426 Å². The summed E-state index contributed by atoms with van der Waals surface area (Å²) in [6, 6.07) is 11.3. The predicted octanol–water partition coefficient (Wildman–Crippen LogP) is 5.35. The Morgan fingerprint density at radius 2 is 1.65 bits per heavy atom. The fourth-order valence-electron chi connectivity index (χ4n) is 14.0. The number of carboxylic acids is 2. The summed E-state index contributed by atoms with van der Waals surface area (Å²) < 4.78 is 6.98. The number of benzene rings is 1. The normalized spacial score (nSPS) is 28.0. The van der Waals surface area contributed by atoms with Crippen LogP contribution in [0.25, 0.3) is 6.08 Å². The van der Waals surface area contributed by atoms with E-state index in [9.17, 15) is 39.6 Å². The lowest BCUT2D eigenvalue weighted by Crippen LogP contribution is -2.56. The highest BCUT2D eigenvalue weighted by molar-refractivity contribution is 8.00. The van der Waals surface area contributed by atoms with E-state index in [-0.39, 0.29) is 53.0 Å². The second kappa shape index (κ2) is 22.3. The number of nitrogens with zero attached hydrogens (tertiary/aromatic N) is 1. The quantitative estimate of drug-likeness (QED) is 0.0551. The van der Waals surface area contributed by atoms with Crippen LogP contribution >= 0.6 is 11.8 Å². The molecule has 3 heterocycles. The lowest BCUT2D eigenvalue weighted by atomic mass is 9.52. The van der Waals surface area contributed by atoms with E-state index in [1.165, 1.54) is 39.6 Å². The number of carbonyl (C=O) groups is 5. The second-order valence-corrected chi connectivity index (χ2v) is 22.6. The Morgan fingerprint density at radius 3 is 2.38 bits per heavy atom. The highest BCUT2D eigenvalue weighted by Crippen LogP contribution is 2.66. The number of aliphatic carboxylic acids is 2. The minimum absolute atomic E-state index is 0.0230. The van der Waals surface area contributed by atoms with Crippen molar-refractivity contribution in [1.82, 2.24) is 31.6 Å². The number of rotatable bonds is 17. The van der Waals surface area contributed by atoms with E-state index in [1.54, 1.807) is 7.05 Å². The number of aliphatic hydroxyl groups excluding tert-OH is 1. The highest BCUT2D eigenvalue weighted by atomic mass is 32.2. The maximum atomic E-state index is 15.6. The Hall–Kier alpha value is -4.91. The number of hydrogen-bond donors (Lipinski definition) is 9. The van der Waals surface area contributed by atoms with Gasteiger partial charge in [-0.2, -0.15) is 0 Å². The van der Waals surface area contributed by atoms with Crippen LogP contribution in [0.1, 0.15) is 119 Å². The molecule has 5 aliphatic carbocycles. The van der Waals surface area contributed by atoms with Gasteiger partial charge in [0.05, 0.1) is 5.25 Å². The van der Waals surface area contributed by atoms with Gasteiger partial charge in [0.25, 0.3) is 0 Å². The van der Waals surface area contributed by atoms with Crippen LogP contribution in [0.3, 0.4) is 0 Å². The molecule has 2 aromatic rings. The summed E-state index contributed by atoms with van der Waals surface area (Å²) in [5.74, 6) is -4.78. The molecule has 9 N–H and O–H groups in total. The minimum Gasteiger partial charge on any atom is -0.478 e. The van der Waals surface area contributed by atoms with Crippen molar-refractivity contribution in [3.05, 3.63) is 94.0 Å². The van der Waals surface area contributed by atoms with Crippen molar-refractivity contribution in [2.45, 2.75) is 145 Å². The number of ether oxygens (including phenoxy) is 1. The molecular formula is C55H72N6O10S. The van der Waals surface area contributed by atoms with Gasteiger partial charge in [0, 0.05) is 43.7 Å². The number of aliphatic hydroxyl groups is 2. The molecule has 1 aromatic carbocycles. The highest BCUT2D eigenvalue weighted by Gasteiger charge is 2.61. The number of amides is 2. The van der Waals surface area contributed by atoms with E-state index in [0.717, 1.165) is 108 Å². The smallest absolute Gasteiger partial charge is 0.353 e.